The second-order valence-electron chi connectivity index (χ2n) is 6.06. The molecule has 0 unspecified atom stereocenters. The monoisotopic (exact) mass is 335 g/mol. The standard InChI is InChI=1S/C15H21N5O2S/c1-10(2)7-16-14(21)15-18-12(8-23-15)20-9-17-19-13(20)11-3-5-22-6-4-11/h8-11H,3-7H2,1-2H3,(H,16,21). The molecule has 23 heavy (non-hydrogen) atoms. The van der Waals surface area contributed by atoms with Crippen molar-refractivity contribution in [2.24, 2.45) is 5.92 Å². The number of hydrogen-bond acceptors (Lipinski definition) is 6. The van der Waals surface area contributed by atoms with Gasteiger partial charge in [-0.1, -0.05) is 13.8 Å². The molecule has 1 saturated heterocycles. The SMILES string of the molecule is CC(C)CNC(=O)c1nc(-n2cnnc2C2CCOCC2)cs1. The molecule has 2 aromatic rings. The number of carbonyl (C=O) groups is 1. The number of ether oxygens (including phenoxy) is 1. The van der Waals surface area contributed by atoms with Gasteiger partial charge in [0.2, 0.25) is 0 Å². The third-order valence-electron chi connectivity index (χ3n) is 3.76. The van der Waals surface area contributed by atoms with E-state index in [1.165, 1.54) is 11.3 Å². The molecular formula is C15H21N5O2S. The predicted octanol–water partition coefficient (Wildman–Crippen LogP) is 2.00. The maximum absolute atomic E-state index is 12.1. The molecule has 124 valence electrons. The Labute approximate surface area is 139 Å². The van der Waals surface area contributed by atoms with Gasteiger partial charge < -0.3 is 10.1 Å². The molecule has 0 aliphatic carbocycles. The molecule has 7 nitrogen and oxygen atoms in total. The Hall–Kier alpha value is -1.80. The van der Waals surface area contributed by atoms with Gasteiger partial charge >= 0.3 is 0 Å². The maximum Gasteiger partial charge on any atom is 0.280 e. The normalized spacial score (nSPS) is 16.0. The highest BCUT2D eigenvalue weighted by atomic mass is 32.1. The van der Waals surface area contributed by atoms with Crippen molar-refractivity contribution >= 4 is 17.2 Å². The topological polar surface area (TPSA) is 81.9 Å². The summed E-state index contributed by atoms with van der Waals surface area (Å²) in [4.78, 5) is 16.5. The third-order valence-corrected chi connectivity index (χ3v) is 4.59. The predicted molar refractivity (Wildman–Crippen MR) is 87.0 cm³/mol. The number of thiazole rings is 1. The Balaban J connectivity index is 1.76. The van der Waals surface area contributed by atoms with Crippen LogP contribution in [-0.4, -0.2) is 45.4 Å². The van der Waals surface area contributed by atoms with Gasteiger partial charge in [0.25, 0.3) is 5.91 Å². The molecule has 0 saturated carbocycles. The van der Waals surface area contributed by atoms with E-state index in [-0.39, 0.29) is 5.91 Å². The van der Waals surface area contributed by atoms with Crippen LogP contribution in [0.4, 0.5) is 0 Å². The highest BCUT2D eigenvalue weighted by molar-refractivity contribution is 7.11. The molecule has 2 aromatic heterocycles. The highest BCUT2D eigenvalue weighted by Crippen LogP contribution is 2.27. The number of aromatic nitrogens is 4. The fourth-order valence-corrected chi connectivity index (χ4v) is 3.22. The molecule has 1 N–H and O–H groups in total. The van der Waals surface area contributed by atoms with Gasteiger partial charge in [-0.05, 0) is 18.8 Å². The van der Waals surface area contributed by atoms with Crippen LogP contribution in [0.5, 0.6) is 0 Å². The van der Waals surface area contributed by atoms with Crippen molar-refractivity contribution in [2.75, 3.05) is 19.8 Å². The summed E-state index contributed by atoms with van der Waals surface area (Å²) in [5.41, 5.74) is 0. The van der Waals surface area contributed by atoms with E-state index in [2.05, 4.69) is 34.3 Å². The summed E-state index contributed by atoms with van der Waals surface area (Å²) in [5, 5.41) is 13.5. The molecule has 0 radical (unpaired) electrons. The van der Waals surface area contributed by atoms with Gasteiger partial charge in [-0.15, -0.1) is 21.5 Å². The minimum absolute atomic E-state index is 0.129. The molecule has 0 spiro atoms. The summed E-state index contributed by atoms with van der Waals surface area (Å²) in [6.45, 7) is 6.26. The van der Waals surface area contributed by atoms with Crippen molar-refractivity contribution in [3.8, 4) is 5.82 Å². The maximum atomic E-state index is 12.1. The minimum Gasteiger partial charge on any atom is -0.381 e. The van der Waals surface area contributed by atoms with E-state index in [4.69, 9.17) is 4.74 Å². The fourth-order valence-electron chi connectivity index (χ4n) is 2.51. The Kier molecular flexibility index (Phi) is 5.02. The first-order valence-corrected chi connectivity index (χ1v) is 8.75. The Bertz CT molecular complexity index is 660. The Morgan fingerprint density at radius 1 is 1.48 bits per heavy atom. The van der Waals surface area contributed by atoms with Gasteiger partial charge in [-0.3, -0.25) is 9.36 Å². The molecule has 1 aliphatic rings. The number of nitrogens with one attached hydrogen (secondary N) is 1. The minimum atomic E-state index is -0.129. The lowest BCUT2D eigenvalue weighted by molar-refractivity contribution is 0.0832. The lowest BCUT2D eigenvalue weighted by atomic mass is 9.99. The van der Waals surface area contributed by atoms with Gasteiger partial charge in [0, 0.05) is 31.1 Å². The van der Waals surface area contributed by atoms with Gasteiger partial charge in [0.05, 0.1) is 0 Å². The lowest BCUT2D eigenvalue weighted by Crippen LogP contribution is -2.27. The van der Waals surface area contributed by atoms with E-state index in [0.29, 0.717) is 29.2 Å². The van der Waals surface area contributed by atoms with Crippen molar-refractivity contribution in [2.45, 2.75) is 32.6 Å². The van der Waals surface area contributed by atoms with Crippen LogP contribution in [0.15, 0.2) is 11.7 Å². The van der Waals surface area contributed by atoms with E-state index in [0.717, 1.165) is 31.9 Å². The summed E-state index contributed by atoms with van der Waals surface area (Å²) in [6, 6.07) is 0. The van der Waals surface area contributed by atoms with Crippen LogP contribution in [0.1, 0.15) is 48.2 Å². The largest absolute Gasteiger partial charge is 0.381 e. The quantitative estimate of drug-likeness (QED) is 0.904. The van der Waals surface area contributed by atoms with Gasteiger partial charge in [-0.25, -0.2) is 4.98 Å². The first kappa shape index (κ1) is 16.1. The third kappa shape index (κ3) is 3.76. The van der Waals surface area contributed by atoms with Crippen molar-refractivity contribution in [3.05, 3.63) is 22.5 Å². The van der Waals surface area contributed by atoms with E-state index < -0.39 is 0 Å². The van der Waals surface area contributed by atoms with Crippen molar-refractivity contribution < 1.29 is 9.53 Å². The van der Waals surface area contributed by atoms with Gasteiger partial charge in [0.15, 0.2) is 10.8 Å². The summed E-state index contributed by atoms with van der Waals surface area (Å²) >= 11 is 1.34. The van der Waals surface area contributed by atoms with E-state index >= 15 is 0 Å². The van der Waals surface area contributed by atoms with Crippen LogP contribution >= 0.6 is 11.3 Å². The number of rotatable bonds is 5. The second kappa shape index (κ2) is 7.18. The van der Waals surface area contributed by atoms with Gasteiger partial charge in [0.1, 0.15) is 12.2 Å². The molecule has 0 bridgehead atoms. The average Bonchev–Trinajstić information content (AvgIpc) is 3.22. The lowest BCUT2D eigenvalue weighted by Gasteiger charge is -2.21. The number of carbonyl (C=O) groups excluding carboxylic acids is 1. The molecule has 1 fully saturated rings. The van der Waals surface area contributed by atoms with Crippen LogP contribution in [0.2, 0.25) is 0 Å². The van der Waals surface area contributed by atoms with E-state index in [9.17, 15) is 4.79 Å². The van der Waals surface area contributed by atoms with Crippen LogP contribution in [0.25, 0.3) is 5.82 Å². The molecule has 8 heteroatoms. The number of hydrogen-bond donors (Lipinski definition) is 1. The molecule has 3 rings (SSSR count). The summed E-state index contributed by atoms with van der Waals surface area (Å²) in [7, 11) is 0. The number of amides is 1. The summed E-state index contributed by atoms with van der Waals surface area (Å²) in [5.74, 6) is 2.21. The first-order valence-electron chi connectivity index (χ1n) is 7.87. The van der Waals surface area contributed by atoms with Crippen LogP contribution in [-0.2, 0) is 4.74 Å². The molecule has 3 heterocycles. The van der Waals surface area contributed by atoms with Crippen molar-refractivity contribution in [3.63, 3.8) is 0 Å². The summed E-state index contributed by atoms with van der Waals surface area (Å²) < 4.78 is 7.28. The highest BCUT2D eigenvalue weighted by Gasteiger charge is 2.23. The second-order valence-corrected chi connectivity index (χ2v) is 6.92. The van der Waals surface area contributed by atoms with Crippen molar-refractivity contribution in [1.82, 2.24) is 25.1 Å². The van der Waals surface area contributed by atoms with Crippen LogP contribution < -0.4 is 5.32 Å². The molecular weight excluding hydrogens is 314 g/mol. The van der Waals surface area contributed by atoms with Crippen LogP contribution in [0, 0.1) is 5.92 Å². The first-order chi connectivity index (χ1) is 11.1. The van der Waals surface area contributed by atoms with Gasteiger partial charge in [-0.2, -0.15) is 0 Å². The Morgan fingerprint density at radius 3 is 3.00 bits per heavy atom. The Morgan fingerprint density at radius 2 is 2.26 bits per heavy atom. The van der Waals surface area contributed by atoms with Crippen LogP contribution in [0.3, 0.4) is 0 Å². The zero-order chi connectivity index (χ0) is 16.2. The van der Waals surface area contributed by atoms with E-state index in [1.54, 1.807) is 6.33 Å². The van der Waals surface area contributed by atoms with Crippen molar-refractivity contribution in [1.29, 1.82) is 0 Å². The fraction of sp³-hybridized carbons (Fsp3) is 0.600. The molecule has 0 aromatic carbocycles. The molecule has 1 amide bonds. The molecule has 0 atom stereocenters. The smallest absolute Gasteiger partial charge is 0.280 e. The zero-order valence-electron chi connectivity index (χ0n) is 13.4. The average molecular weight is 335 g/mol. The number of nitrogens with zero attached hydrogens (tertiary/aromatic N) is 4. The zero-order valence-corrected chi connectivity index (χ0v) is 14.2. The van der Waals surface area contributed by atoms with E-state index in [1.807, 2.05) is 9.95 Å². The summed E-state index contributed by atoms with van der Waals surface area (Å²) in [6.07, 6.45) is 3.53. The molecule has 1 aliphatic heterocycles.